The summed E-state index contributed by atoms with van der Waals surface area (Å²) in [5.41, 5.74) is 8.26. The van der Waals surface area contributed by atoms with E-state index in [1.54, 1.807) is 4.90 Å². The number of benzene rings is 1. The van der Waals surface area contributed by atoms with E-state index in [4.69, 9.17) is 5.73 Å². The maximum absolute atomic E-state index is 13.2. The Morgan fingerprint density at radius 3 is 2.62 bits per heavy atom. The highest BCUT2D eigenvalue weighted by Crippen LogP contribution is 2.33. The van der Waals surface area contributed by atoms with Crippen LogP contribution in [0.1, 0.15) is 47.2 Å². The van der Waals surface area contributed by atoms with Gasteiger partial charge in [-0.1, -0.05) is 18.2 Å². The van der Waals surface area contributed by atoms with Gasteiger partial charge in [0.15, 0.2) is 0 Å². The number of nitrogens with zero attached hydrogens (tertiary/aromatic N) is 2. The number of nitrogens with two attached hydrogens (primary N) is 1. The van der Waals surface area contributed by atoms with E-state index in [-0.39, 0.29) is 36.2 Å². The zero-order chi connectivity index (χ0) is 20.6. The fourth-order valence-corrected chi connectivity index (χ4v) is 4.67. The molecule has 1 aromatic rings. The van der Waals surface area contributed by atoms with Crippen LogP contribution < -0.4 is 11.1 Å². The number of fused-ring (bicyclic) bond motifs is 1. The first-order valence-corrected chi connectivity index (χ1v) is 10.2. The molecule has 0 saturated carbocycles. The van der Waals surface area contributed by atoms with Crippen LogP contribution in [0.4, 0.5) is 0 Å². The molecule has 1 atom stereocenters. The number of carbonyl (C=O) groups excluding carboxylic acids is 3. The summed E-state index contributed by atoms with van der Waals surface area (Å²) in [7, 11) is 0. The number of piperidine rings is 2. The van der Waals surface area contributed by atoms with Crippen molar-refractivity contribution in [3.63, 3.8) is 0 Å². The van der Waals surface area contributed by atoms with E-state index in [0.29, 0.717) is 31.6 Å². The van der Waals surface area contributed by atoms with Crippen molar-refractivity contribution in [3.8, 4) is 0 Å². The Morgan fingerprint density at radius 1 is 1.21 bits per heavy atom. The first kappa shape index (κ1) is 20.0. The van der Waals surface area contributed by atoms with E-state index in [1.165, 1.54) is 0 Å². The summed E-state index contributed by atoms with van der Waals surface area (Å²) in [4.78, 5) is 40.7. The van der Waals surface area contributed by atoms with Gasteiger partial charge in [0.25, 0.3) is 5.91 Å². The van der Waals surface area contributed by atoms with Gasteiger partial charge in [0.1, 0.15) is 6.04 Å². The fourth-order valence-electron chi connectivity index (χ4n) is 4.67. The van der Waals surface area contributed by atoms with Crippen molar-refractivity contribution in [2.75, 3.05) is 26.2 Å². The normalized spacial score (nSPS) is 24.6. The van der Waals surface area contributed by atoms with E-state index >= 15 is 0 Å². The van der Waals surface area contributed by atoms with Gasteiger partial charge in [0.05, 0.1) is 0 Å². The summed E-state index contributed by atoms with van der Waals surface area (Å²) in [5.74, 6) is -0.798. The molecule has 29 heavy (non-hydrogen) atoms. The van der Waals surface area contributed by atoms with Crippen molar-refractivity contribution in [2.45, 2.75) is 44.8 Å². The topological polar surface area (TPSA) is 116 Å². The van der Waals surface area contributed by atoms with E-state index < -0.39 is 6.04 Å². The highest BCUT2D eigenvalue weighted by atomic mass is 16.3. The molecule has 3 aliphatic heterocycles. The Labute approximate surface area is 170 Å². The number of rotatable bonds is 5. The number of carbonyl (C=O) groups is 3. The Bertz CT molecular complexity index is 826. The van der Waals surface area contributed by atoms with Crippen molar-refractivity contribution < 1.29 is 19.5 Å². The van der Waals surface area contributed by atoms with E-state index in [2.05, 4.69) is 10.2 Å². The third-order valence-electron chi connectivity index (χ3n) is 6.72. The molecule has 3 heterocycles. The molecule has 2 saturated heterocycles. The van der Waals surface area contributed by atoms with Gasteiger partial charge in [-0.15, -0.1) is 0 Å². The second-order valence-corrected chi connectivity index (χ2v) is 8.49. The number of likely N-dealkylation sites (tertiary alicyclic amines) is 1. The van der Waals surface area contributed by atoms with Gasteiger partial charge in [0, 0.05) is 43.6 Å². The van der Waals surface area contributed by atoms with Gasteiger partial charge in [0.2, 0.25) is 11.8 Å². The van der Waals surface area contributed by atoms with Gasteiger partial charge in [-0.05, 0) is 43.5 Å². The molecular weight excluding hydrogens is 372 g/mol. The maximum Gasteiger partial charge on any atom is 0.255 e. The Morgan fingerprint density at radius 2 is 1.97 bits per heavy atom. The molecule has 0 aromatic heterocycles. The Kier molecular flexibility index (Phi) is 5.42. The molecular formula is C21H28N4O4. The van der Waals surface area contributed by atoms with Gasteiger partial charge in [-0.25, -0.2) is 0 Å². The third kappa shape index (κ3) is 3.68. The monoisotopic (exact) mass is 400 g/mol. The van der Waals surface area contributed by atoms with Gasteiger partial charge >= 0.3 is 0 Å². The summed E-state index contributed by atoms with van der Waals surface area (Å²) in [6.45, 7) is 3.30. The molecule has 0 radical (unpaired) electrons. The summed E-state index contributed by atoms with van der Waals surface area (Å²) < 4.78 is 0. The lowest BCUT2D eigenvalue weighted by Crippen LogP contribution is -2.52. The standard InChI is InChI=1S/C21H28N4O4/c22-12-21(13-26)6-8-24(9-7-21)10-14-2-1-3-15-11-25(20(29)18(14)15)16-4-5-17(27)23-19(16)28/h1-3,16,26H,4-13,22H2,(H,23,27,28). The number of nitrogens with one attached hydrogen (secondary N) is 1. The van der Waals surface area contributed by atoms with Crippen molar-refractivity contribution >= 4 is 17.7 Å². The van der Waals surface area contributed by atoms with Crippen LogP contribution in [0.25, 0.3) is 0 Å². The average Bonchev–Trinajstić information content (AvgIpc) is 3.06. The number of amides is 3. The minimum Gasteiger partial charge on any atom is -0.396 e. The number of imide groups is 1. The van der Waals surface area contributed by atoms with Crippen LogP contribution >= 0.6 is 0 Å². The molecule has 1 aromatic carbocycles. The van der Waals surface area contributed by atoms with Gasteiger partial charge < -0.3 is 15.7 Å². The highest BCUT2D eigenvalue weighted by molar-refractivity contribution is 6.05. The van der Waals surface area contributed by atoms with Gasteiger partial charge in [-0.3, -0.25) is 24.6 Å². The minimum absolute atomic E-state index is 0.109. The predicted molar refractivity (Wildman–Crippen MR) is 106 cm³/mol. The molecule has 0 aliphatic carbocycles. The molecule has 4 N–H and O–H groups in total. The van der Waals surface area contributed by atoms with Crippen LogP contribution in [0, 0.1) is 5.41 Å². The minimum atomic E-state index is -0.592. The van der Waals surface area contributed by atoms with Crippen molar-refractivity contribution in [1.29, 1.82) is 0 Å². The summed E-state index contributed by atoms with van der Waals surface area (Å²) >= 11 is 0. The molecule has 0 spiro atoms. The molecule has 156 valence electrons. The van der Waals surface area contributed by atoms with Crippen LogP contribution in [0.2, 0.25) is 0 Å². The predicted octanol–water partition coefficient (Wildman–Crippen LogP) is -0.0192. The lowest BCUT2D eigenvalue weighted by Gasteiger charge is -2.40. The largest absolute Gasteiger partial charge is 0.396 e. The van der Waals surface area contributed by atoms with Crippen LogP contribution in [0.3, 0.4) is 0 Å². The van der Waals surface area contributed by atoms with Crippen LogP contribution in [0.5, 0.6) is 0 Å². The SMILES string of the molecule is NCC1(CO)CCN(Cc2cccc3c2C(=O)N(C2CCC(=O)NC2=O)C3)CC1. The van der Waals surface area contributed by atoms with Gasteiger partial charge in [-0.2, -0.15) is 0 Å². The molecule has 0 bridgehead atoms. The highest BCUT2D eigenvalue weighted by Gasteiger charge is 2.40. The molecule has 2 fully saturated rings. The van der Waals surface area contributed by atoms with Crippen LogP contribution in [-0.4, -0.2) is 64.9 Å². The zero-order valence-corrected chi connectivity index (χ0v) is 16.5. The quantitative estimate of drug-likeness (QED) is 0.599. The maximum atomic E-state index is 13.2. The number of aliphatic hydroxyl groups is 1. The molecule has 8 heteroatoms. The van der Waals surface area contributed by atoms with Crippen LogP contribution in [0.15, 0.2) is 18.2 Å². The number of aliphatic hydroxyl groups excluding tert-OH is 1. The van der Waals surface area contributed by atoms with Crippen LogP contribution in [-0.2, 0) is 22.7 Å². The molecule has 3 aliphatic rings. The van der Waals surface area contributed by atoms with Crippen molar-refractivity contribution in [1.82, 2.24) is 15.1 Å². The Balaban J connectivity index is 1.48. The van der Waals surface area contributed by atoms with E-state index in [0.717, 1.165) is 37.1 Å². The first-order valence-electron chi connectivity index (χ1n) is 10.2. The van der Waals surface area contributed by atoms with E-state index in [9.17, 15) is 19.5 Å². The van der Waals surface area contributed by atoms with E-state index in [1.807, 2.05) is 18.2 Å². The van der Waals surface area contributed by atoms with Crippen molar-refractivity contribution in [2.24, 2.45) is 11.1 Å². The molecule has 4 rings (SSSR count). The fraction of sp³-hybridized carbons (Fsp3) is 0.571. The zero-order valence-electron chi connectivity index (χ0n) is 16.5. The second-order valence-electron chi connectivity index (χ2n) is 8.49. The average molecular weight is 400 g/mol. The first-order chi connectivity index (χ1) is 14.0. The number of hydrogen-bond acceptors (Lipinski definition) is 6. The van der Waals surface area contributed by atoms with Crippen molar-refractivity contribution in [3.05, 3.63) is 34.9 Å². The summed E-state index contributed by atoms with van der Waals surface area (Å²) in [6, 6.07) is 5.27. The lowest BCUT2D eigenvalue weighted by atomic mass is 9.79. The molecule has 8 nitrogen and oxygen atoms in total. The smallest absolute Gasteiger partial charge is 0.255 e. The lowest BCUT2D eigenvalue weighted by molar-refractivity contribution is -0.136. The summed E-state index contributed by atoms with van der Waals surface area (Å²) in [5, 5.41) is 12.0. The second kappa shape index (κ2) is 7.85. The molecule has 1 unspecified atom stereocenters. The summed E-state index contributed by atoms with van der Waals surface area (Å²) in [6.07, 6.45) is 2.30. The third-order valence-corrected chi connectivity index (χ3v) is 6.72. The molecule has 3 amide bonds. The Hall–Kier alpha value is -2.29. The number of hydrogen-bond donors (Lipinski definition) is 3.